The minimum atomic E-state index is -0.115. The lowest BCUT2D eigenvalue weighted by atomic mass is 9.99. The van der Waals surface area contributed by atoms with Crippen LogP contribution >= 0.6 is 0 Å². The molecule has 168 valence electrons. The SMILES string of the molecule is Cc1nn(C)cc1C(=O)N1CC=C(c2ccc(NC(=O)N3Cc4ccncc4C3)cc2)CC1. The van der Waals surface area contributed by atoms with E-state index < -0.39 is 0 Å². The first kappa shape index (κ1) is 20.9. The number of rotatable bonds is 3. The highest BCUT2D eigenvalue weighted by Gasteiger charge is 2.24. The van der Waals surface area contributed by atoms with Crippen molar-refractivity contribution in [1.82, 2.24) is 24.6 Å². The second kappa shape index (κ2) is 8.54. The molecule has 0 atom stereocenters. The van der Waals surface area contributed by atoms with Gasteiger partial charge < -0.3 is 15.1 Å². The summed E-state index contributed by atoms with van der Waals surface area (Å²) in [6.45, 7) is 4.28. The van der Waals surface area contributed by atoms with E-state index in [1.165, 1.54) is 5.57 Å². The Balaban J connectivity index is 1.19. The molecule has 3 aromatic rings. The standard InChI is InChI=1S/C25H26N6O2/c1-17-23(16-29(2)28-17)24(32)30-11-8-19(9-12-30)18-3-5-22(6-4-18)27-25(33)31-14-20-7-10-26-13-21(20)15-31/h3-8,10,13,16H,9,11-12,14-15H2,1-2H3,(H,27,33). The third-order valence-corrected chi connectivity index (χ3v) is 6.26. The Hall–Kier alpha value is -3.94. The summed E-state index contributed by atoms with van der Waals surface area (Å²) in [5.74, 6) is 0.0220. The Morgan fingerprint density at radius 2 is 1.82 bits per heavy atom. The second-order valence-corrected chi connectivity index (χ2v) is 8.54. The molecule has 1 aromatic carbocycles. The molecule has 4 heterocycles. The first-order chi connectivity index (χ1) is 16.0. The van der Waals surface area contributed by atoms with E-state index in [2.05, 4.69) is 21.5 Å². The molecule has 0 aliphatic carbocycles. The van der Waals surface area contributed by atoms with Crippen LogP contribution < -0.4 is 5.32 Å². The molecular formula is C25H26N6O2. The van der Waals surface area contributed by atoms with Crippen LogP contribution in [0.1, 0.15) is 39.2 Å². The fourth-order valence-corrected chi connectivity index (χ4v) is 4.43. The van der Waals surface area contributed by atoms with Crippen LogP contribution in [-0.2, 0) is 20.1 Å². The monoisotopic (exact) mass is 442 g/mol. The molecule has 33 heavy (non-hydrogen) atoms. The van der Waals surface area contributed by atoms with Gasteiger partial charge in [-0.1, -0.05) is 18.2 Å². The zero-order valence-electron chi connectivity index (χ0n) is 18.8. The van der Waals surface area contributed by atoms with Gasteiger partial charge in [0.05, 0.1) is 11.3 Å². The highest BCUT2D eigenvalue weighted by Crippen LogP contribution is 2.26. The van der Waals surface area contributed by atoms with Gasteiger partial charge >= 0.3 is 6.03 Å². The van der Waals surface area contributed by atoms with E-state index in [9.17, 15) is 9.59 Å². The molecule has 0 unspecified atom stereocenters. The molecule has 2 aliphatic rings. The number of nitrogens with zero attached hydrogens (tertiary/aromatic N) is 5. The smallest absolute Gasteiger partial charge is 0.322 e. The number of hydrogen-bond donors (Lipinski definition) is 1. The minimum absolute atomic E-state index is 0.0220. The van der Waals surface area contributed by atoms with Crippen LogP contribution in [0.5, 0.6) is 0 Å². The fraction of sp³-hybridized carbons (Fsp3) is 0.280. The van der Waals surface area contributed by atoms with Crippen LogP contribution in [0.25, 0.3) is 5.57 Å². The Morgan fingerprint density at radius 1 is 1.03 bits per heavy atom. The number of benzene rings is 1. The lowest BCUT2D eigenvalue weighted by molar-refractivity contribution is 0.0772. The molecule has 0 saturated carbocycles. The topological polar surface area (TPSA) is 83.4 Å². The number of fused-ring (bicyclic) bond motifs is 1. The van der Waals surface area contributed by atoms with Crippen molar-refractivity contribution in [3.05, 3.63) is 82.9 Å². The number of carbonyl (C=O) groups is 2. The molecule has 0 saturated heterocycles. The van der Waals surface area contributed by atoms with Gasteiger partial charge in [0.1, 0.15) is 0 Å². The molecule has 0 radical (unpaired) electrons. The maximum absolute atomic E-state index is 12.8. The summed E-state index contributed by atoms with van der Waals surface area (Å²) >= 11 is 0. The summed E-state index contributed by atoms with van der Waals surface area (Å²) in [5.41, 5.74) is 6.73. The molecule has 5 rings (SSSR count). The summed E-state index contributed by atoms with van der Waals surface area (Å²) in [4.78, 5) is 33.2. The summed E-state index contributed by atoms with van der Waals surface area (Å²) < 4.78 is 1.67. The lowest BCUT2D eigenvalue weighted by Gasteiger charge is -2.26. The summed E-state index contributed by atoms with van der Waals surface area (Å²) in [7, 11) is 1.83. The predicted molar refractivity (Wildman–Crippen MR) is 125 cm³/mol. The van der Waals surface area contributed by atoms with E-state index in [4.69, 9.17) is 0 Å². The molecule has 0 fully saturated rings. The van der Waals surface area contributed by atoms with Crippen molar-refractivity contribution in [2.24, 2.45) is 7.05 Å². The van der Waals surface area contributed by atoms with Crippen molar-refractivity contribution >= 4 is 23.2 Å². The Labute approximate surface area is 192 Å². The number of hydrogen-bond acceptors (Lipinski definition) is 4. The predicted octanol–water partition coefficient (Wildman–Crippen LogP) is 3.60. The Morgan fingerprint density at radius 3 is 2.48 bits per heavy atom. The maximum atomic E-state index is 12.8. The number of aromatic nitrogens is 3. The summed E-state index contributed by atoms with van der Waals surface area (Å²) in [6, 6.07) is 9.74. The van der Waals surface area contributed by atoms with Crippen LogP contribution in [0.2, 0.25) is 0 Å². The average molecular weight is 443 g/mol. The number of amides is 3. The van der Waals surface area contributed by atoms with E-state index in [0.29, 0.717) is 31.7 Å². The third kappa shape index (κ3) is 4.24. The zero-order chi connectivity index (χ0) is 22.9. The number of pyridine rings is 1. The fourth-order valence-electron chi connectivity index (χ4n) is 4.43. The van der Waals surface area contributed by atoms with Crippen LogP contribution in [0, 0.1) is 6.92 Å². The average Bonchev–Trinajstić information content (AvgIpc) is 3.42. The number of aryl methyl sites for hydroxylation is 2. The highest BCUT2D eigenvalue weighted by atomic mass is 16.2. The largest absolute Gasteiger partial charge is 0.334 e. The van der Waals surface area contributed by atoms with Crippen LogP contribution in [0.15, 0.2) is 55.0 Å². The van der Waals surface area contributed by atoms with E-state index >= 15 is 0 Å². The van der Waals surface area contributed by atoms with Crippen molar-refractivity contribution in [3.63, 3.8) is 0 Å². The maximum Gasteiger partial charge on any atom is 0.322 e. The molecule has 8 nitrogen and oxygen atoms in total. The quantitative estimate of drug-likeness (QED) is 0.672. The van der Waals surface area contributed by atoms with Gasteiger partial charge in [-0.15, -0.1) is 0 Å². The van der Waals surface area contributed by atoms with Crippen molar-refractivity contribution in [1.29, 1.82) is 0 Å². The van der Waals surface area contributed by atoms with Crippen molar-refractivity contribution in [2.75, 3.05) is 18.4 Å². The van der Waals surface area contributed by atoms with E-state index in [1.54, 1.807) is 22.0 Å². The Kier molecular flexibility index (Phi) is 5.42. The van der Waals surface area contributed by atoms with Gasteiger partial charge in [-0.2, -0.15) is 5.10 Å². The van der Waals surface area contributed by atoms with Gasteiger partial charge in [0.25, 0.3) is 5.91 Å². The van der Waals surface area contributed by atoms with Crippen LogP contribution in [0.4, 0.5) is 10.5 Å². The van der Waals surface area contributed by atoms with Crippen molar-refractivity contribution in [2.45, 2.75) is 26.4 Å². The van der Waals surface area contributed by atoms with Gasteiger partial charge in [-0.3, -0.25) is 14.5 Å². The minimum Gasteiger partial charge on any atom is -0.334 e. The zero-order valence-corrected chi connectivity index (χ0v) is 18.8. The van der Waals surface area contributed by atoms with Crippen molar-refractivity contribution in [3.8, 4) is 0 Å². The normalized spacial score (nSPS) is 15.3. The highest BCUT2D eigenvalue weighted by molar-refractivity contribution is 5.95. The van der Waals surface area contributed by atoms with Crippen molar-refractivity contribution < 1.29 is 9.59 Å². The summed E-state index contributed by atoms with van der Waals surface area (Å²) in [5, 5.41) is 7.25. The molecule has 3 amide bonds. The van der Waals surface area contributed by atoms with Gasteiger partial charge in [0.2, 0.25) is 0 Å². The molecule has 2 aromatic heterocycles. The van der Waals surface area contributed by atoms with Gasteiger partial charge in [-0.05, 0) is 53.8 Å². The van der Waals surface area contributed by atoms with E-state index in [0.717, 1.165) is 34.5 Å². The first-order valence-electron chi connectivity index (χ1n) is 11.0. The van der Waals surface area contributed by atoms with Crippen LogP contribution in [-0.4, -0.2) is 49.6 Å². The Bertz CT molecular complexity index is 1220. The number of nitrogens with one attached hydrogen (secondary N) is 1. The second-order valence-electron chi connectivity index (χ2n) is 8.54. The molecule has 0 bridgehead atoms. The van der Waals surface area contributed by atoms with E-state index in [1.807, 2.05) is 55.4 Å². The molecular weight excluding hydrogens is 416 g/mol. The summed E-state index contributed by atoms with van der Waals surface area (Å²) in [6.07, 6.45) is 8.25. The number of carbonyl (C=O) groups excluding carboxylic acids is 2. The van der Waals surface area contributed by atoms with Gasteiger partial charge in [0.15, 0.2) is 0 Å². The molecule has 8 heteroatoms. The molecule has 2 aliphatic heterocycles. The van der Waals surface area contributed by atoms with Gasteiger partial charge in [0, 0.05) is 57.5 Å². The number of anilines is 1. The first-order valence-corrected chi connectivity index (χ1v) is 11.0. The van der Waals surface area contributed by atoms with Gasteiger partial charge in [-0.25, -0.2) is 4.79 Å². The molecule has 1 N–H and O–H groups in total. The third-order valence-electron chi connectivity index (χ3n) is 6.26. The lowest BCUT2D eigenvalue weighted by Crippen LogP contribution is -2.34. The van der Waals surface area contributed by atoms with E-state index in [-0.39, 0.29) is 11.9 Å². The molecule has 0 spiro atoms. The number of urea groups is 1. The van der Waals surface area contributed by atoms with Crippen LogP contribution in [0.3, 0.4) is 0 Å².